The summed E-state index contributed by atoms with van der Waals surface area (Å²) >= 11 is 0. The second-order valence-electron chi connectivity index (χ2n) is 3.68. The van der Waals surface area contributed by atoms with Crippen molar-refractivity contribution in [3.8, 4) is 0 Å². The van der Waals surface area contributed by atoms with E-state index in [1.807, 2.05) is 0 Å². The van der Waals surface area contributed by atoms with E-state index in [4.69, 9.17) is 4.74 Å². The zero-order valence-electron chi connectivity index (χ0n) is 7.91. The van der Waals surface area contributed by atoms with Gasteiger partial charge in [0, 0.05) is 6.61 Å². The van der Waals surface area contributed by atoms with Gasteiger partial charge in [0.05, 0.1) is 6.10 Å². The molecule has 2 rings (SSSR count). The van der Waals surface area contributed by atoms with E-state index in [1.165, 1.54) is 24.8 Å². The molecule has 0 N–H and O–H groups in total. The van der Waals surface area contributed by atoms with Gasteiger partial charge in [0.2, 0.25) is 0 Å². The zero-order valence-corrected chi connectivity index (χ0v) is 7.91. The van der Waals surface area contributed by atoms with Crippen LogP contribution in [0.25, 0.3) is 0 Å². The van der Waals surface area contributed by atoms with Crippen LogP contribution in [0.3, 0.4) is 0 Å². The van der Waals surface area contributed by atoms with E-state index < -0.39 is 0 Å². The Morgan fingerprint density at radius 3 is 2.69 bits per heavy atom. The summed E-state index contributed by atoms with van der Waals surface area (Å²) in [6, 6.07) is 10.6. The molecule has 1 unspecified atom stereocenters. The maximum atomic E-state index is 5.68. The molecule has 1 aliphatic heterocycles. The van der Waals surface area contributed by atoms with E-state index in [-0.39, 0.29) is 0 Å². The van der Waals surface area contributed by atoms with Crippen molar-refractivity contribution in [3.63, 3.8) is 0 Å². The maximum Gasteiger partial charge on any atom is 0.0615 e. The third-order valence-corrected chi connectivity index (χ3v) is 2.58. The van der Waals surface area contributed by atoms with Gasteiger partial charge in [0.15, 0.2) is 0 Å². The highest BCUT2D eigenvalue weighted by atomic mass is 16.5. The molecule has 0 spiro atoms. The van der Waals surface area contributed by atoms with E-state index >= 15 is 0 Å². The van der Waals surface area contributed by atoms with Crippen LogP contribution in [0.15, 0.2) is 30.3 Å². The van der Waals surface area contributed by atoms with Crippen LogP contribution >= 0.6 is 0 Å². The van der Waals surface area contributed by atoms with Gasteiger partial charge in [-0.2, -0.15) is 0 Å². The molecule has 1 saturated heterocycles. The van der Waals surface area contributed by atoms with Crippen LogP contribution < -0.4 is 0 Å². The lowest BCUT2D eigenvalue weighted by Crippen LogP contribution is -2.21. The van der Waals surface area contributed by atoms with Gasteiger partial charge in [-0.15, -0.1) is 0 Å². The summed E-state index contributed by atoms with van der Waals surface area (Å²) in [5, 5.41) is 0. The van der Waals surface area contributed by atoms with E-state index in [1.54, 1.807) is 0 Å². The first-order valence-corrected chi connectivity index (χ1v) is 5.11. The van der Waals surface area contributed by atoms with Gasteiger partial charge >= 0.3 is 0 Å². The molecule has 1 atom stereocenters. The minimum atomic E-state index is 0.469. The van der Waals surface area contributed by atoms with Crippen LogP contribution in [-0.4, -0.2) is 12.7 Å². The fraction of sp³-hybridized carbons (Fsp3) is 0.500. The van der Waals surface area contributed by atoms with Crippen LogP contribution in [0, 0.1) is 0 Å². The van der Waals surface area contributed by atoms with Crippen molar-refractivity contribution < 1.29 is 4.74 Å². The van der Waals surface area contributed by atoms with E-state index in [9.17, 15) is 0 Å². The highest BCUT2D eigenvalue weighted by molar-refractivity contribution is 5.15. The molecule has 0 bridgehead atoms. The Labute approximate surface area is 79.7 Å². The van der Waals surface area contributed by atoms with Gasteiger partial charge in [-0.3, -0.25) is 0 Å². The number of rotatable bonds is 2. The summed E-state index contributed by atoms with van der Waals surface area (Å²) in [5.74, 6) is 0. The van der Waals surface area contributed by atoms with Gasteiger partial charge < -0.3 is 4.74 Å². The predicted molar refractivity (Wildman–Crippen MR) is 53.7 cm³/mol. The predicted octanol–water partition coefficient (Wildman–Crippen LogP) is 2.80. The van der Waals surface area contributed by atoms with E-state index in [0.29, 0.717) is 6.10 Å². The Morgan fingerprint density at radius 2 is 2.00 bits per heavy atom. The van der Waals surface area contributed by atoms with Crippen LogP contribution in [0.2, 0.25) is 0 Å². The smallest absolute Gasteiger partial charge is 0.0615 e. The molecule has 0 aliphatic carbocycles. The van der Waals surface area contributed by atoms with Crippen LogP contribution in [-0.2, 0) is 11.2 Å². The van der Waals surface area contributed by atoms with Gasteiger partial charge in [0.1, 0.15) is 0 Å². The molecule has 0 aromatic heterocycles. The first-order chi connectivity index (χ1) is 6.45. The van der Waals surface area contributed by atoms with Gasteiger partial charge in [0.25, 0.3) is 0 Å². The lowest BCUT2D eigenvalue weighted by Gasteiger charge is -2.22. The van der Waals surface area contributed by atoms with Crippen LogP contribution in [0.1, 0.15) is 24.8 Å². The zero-order chi connectivity index (χ0) is 8.93. The van der Waals surface area contributed by atoms with Crippen molar-refractivity contribution in [2.75, 3.05) is 6.61 Å². The molecule has 13 heavy (non-hydrogen) atoms. The van der Waals surface area contributed by atoms with Crippen LogP contribution in [0.5, 0.6) is 0 Å². The van der Waals surface area contributed by atoms with Crippen molar-refractivity contribution in [1.29, 1.82) is 0 Å². The van der Waals surface area contributed by atoms with Crippen molar-refractivity contribution in [3.05, 3.63) is 35.9 Å². The highest BCUT2D eigenvalue weighted by Gasteiger charge is 2.13. The third kappa shape index (κ3) is 2.56. The Bertz CT molecular complexity index is 237. The van der Waals surface area contributed by atoms with E-state index in [2.05, 4.69) is 30.3 Å². The topological polar surface area (TPSA) is 9.23 Å². The summed E-state index contributed by atoms with van der Waals surface area (Å²) in [4.78, 5) is 0. The largest absolute Gasteiger partial charge is 0.378 e. The Kier molecular flexibility index (Phi) is 2.98. The van der Waals surface area contributed by atoms with Gasteiger partial charge in [-0.1, -0.05) is 30.3 Å². The lowest BCUT2D eigenvalue weighted by atomic mass is 10.0. The standard InChI is InChI=1S/C12H16O/c1-2-6-11(7-3-1)10-12-8-4-5-9-13-12/h1-3,6-7,12H,4-5,8-10H2. The summed E-state index contributed by atoms with van der Waals surface area (Å²) in [5.41, 5.74) is 1.40. The average Bonchev–Trinajstić information content (AvgIpc) is 2.21. The SMILES string of the molecule is c1ccc(CC2CCCCO2)cc1. The number of hydrogen-bond acceptors (Lipinski definition) is 1. The number of hydrogen-bond donors (Lipinski definition) is 0. The maximum absolute atomic E-state index is 5.68. The lowest BCUT2D eigenvalue weighted by molar-refractivity contribution is 0.0168. The number of ether oxygens (including phenoxy) is 1. The second-order valence-corrected chi connectivity index (χ2v) is 3.68. The summed E-state index contributed by atoms with van der Waals surface area (Å²) in [6.07, 6.45) is 5.36. The van der Waals surface area contributed by atoms with Crippen molar-refractivity contribution in [2.45, 2.75) is 31.8 Å². The van der Waals surface area contributed by atoms with E-state index in [0.717, 1.165) is 13.0 Å². The molecule has 1 aliphatic rings. The minimum absolute atomic E-state index is 0.469. The fourth-order valence-corrected chi connectivity index (χ4v) is 1.85. The van der Waals surface area contributed by atoms with Crippen LogP contribution in [0.4, 0.5) is 0 Å². The Balaban J connectivity index is 1.90. The Hall–Kier alpha value is -0.820. The molecule has 1 fully saturated rings. The van der Waals surface area contributed by atoms with Crippen molar-refractivity contribution in [1.82, 2.24) is 0 Å². The minimum Gasteiger partial charge on any atom is -0.378 e. The molecule has 0 saturated carbocycles. The molecule has 1 heteroatoms. The molecule has 1 nitrogen and oxygen atoms in total. The third-order valence-electron chi connectivity index (χ3n) is 2.58. The molecule has 0 amide bonds. The Morgan fingerprint density at radius 1 is 1.15 bits per heavy atom. The first kappa shape index (κ1) is 8.76. The summed E-state index contributed by atoms with van der Waals surface area (Å²) in [7, 11) is 0. The molecule has 1 aromatic carbocycles. The molecule has 1 heterocycles. The normalized spacial score (nSPS) is 22.9. The second kappa shape index (κ2) is 4.43. The first-order valence-electron chi connectivity index (χ1n) is 5.11. The van der Waals surface area contributed by atoms with Gasteiger partial charge in [-0.05, 0) is 31.2 Å². The summed E-state index contributed by atoms with van der Waals surface area (Å²) < 4.78 is 5.68. The van der Waals surface area contributed by atoms with Crippen molar-refractivity contribution >= 4 is 0 Å². The highest BCUT2D eigenvalue weighted by Crippen LogP contribution is 2.16. The van der Waals surface area contributed by atoms with Crippen molar-refractivity contribution in [2.24, 2.45) is 0 Å². The molecule has 1 aromatic rings. The molecule has 70 valence electrons. The monoisotopic (exact) mass is 176 g/mol. The quantitative estimate of drug-likeness (QED) is 0.673. The van der Waals surface area contributed by atoms with Gasteiger partial charge in [-0.25, -0.2) is 0 Å². The molecular weight excluding hydrogens is 160 g/mol. The average molecular weight is 176 g/mol. The molecule has 0 radical (unpaired) electrons. The number of benzene rings is 1. The summed E-state index contributed by atoms with van der Waals surface area (Å²) in [6.45, 7) is 0.956. The fourth-order valence-electron chi connectivity index (χ4n) is 1.85. The molecular formula is C12H16O.